The summed E-state index contributed by atoms with van der Waals surface area (Å²) in [7, 11) is 0. The molecule has 2 N–H and O–H groups in total. The summed E-state index contributed by atoms with van der Waals surface area (Å²) in [6.45, 7) is 0.504. The molecular formula is C19H15ClN4O2. The second kappa shape index (κ2) is 7.01. The molecule has 0 saturated carbocycles. The molecule has 0 radical (unpaired) electrons. The van der Waals surface area contributed by atoms with Crippen LogP contribution < -0.4 is 5.32 Å². The van der Waals surface area contributed by atoms with Gasteiger partial charge in [0.05, 0.1) is 11.7 Å². The average Bonchev–Trinajstić information content (AvgIpc) is 3.32. The van der Waals surface area contributed by atoms with Gasteiger partial charge in [0.1, 0.15) is 0 Å². The van der Waals surface area contributed by atoms with E-state index in [4.69, 9.17) is 16.1 Å². The van der Waals surface area contributed by atoms with Crippen LogP contribution in [0.5, 0.6) is 0 Å². The number of aromatic amines is 1. The summed E-state index contributed by atoms with van der Waals surface area (Å²) < 4.78 is 5.32. The molecule has 1 amide bonds. The molecule has 130 valence electrons. The Morgan fingerprint density at radius 3 is 2.85 bits per heavy atom. The van der Waals surface area contributed by atoms with Gasteiger partial charge in [-0.2, -0.15) is 5.10 Å². The molecule has 2 aromatic heterocycles. The van der Waals surface area contributed by atoms with E-state index in [1.165, 1.54) is 0 Å². The third-order valence-electron chi connectivity index (χ3n) is 4.08. The Kier molecular flexibility index (Phi) is 4.41. The fourth-order valence-electron chi connectivity index (χ4n) is 2.68. The quantitative estimate of drug-likeness (QED) is 0.562. The van der Waals surface area contributed by atoms with Gasteiger partial charge in [-0.25, -0.2) is 0 Å². The Balaban J connectivity index is 1.40. The van der Waals surface area contributed by atoms with Crippen molar-refractivity contribution in [2.75, 3.05) is 6.54 Å². The van der Waals surface area contributed by atoms with Crippen molar-refractivity contribution in [2.24, 2.45) is 0 Å². The lowest BCUT2D eigenvalue weighted by Gasteiger charge is -2.03. The zero-order valence-electron chi connectivity index (χ0n) is 13.7. The third kappa shape index (κ3) is 3.45. The number of carbonyl (C=O) groups excluding carboxylic acids is 1. The van der Waals surface area contributed by atoms with Gasteiger partial charge in [0.2, 0.25) is 0 Å². The molecule has 0 bridgehead atoms. The van der Waals surface area contributed by atoms with Crippen LogP contribution in [0.3, 0.4) is 0 Å². The van der Waals surface area contributed by atoms with Gasteiger partial charge in [0.15, 0.2) is 11.5 Å². The highest BCUT2D eigenvalue weighted by Gasteiger charge is 2.14. The molecule has 0 aliphatic heterocycles. The highest BCUT2D eigenvalue weighted by atomic mass is 35.5. The molecule has 4 aromatic rings. The van der Waals surface area contributed by atoms with Gasteiger partial charge >= 0.3 is 0 Å². The molecule has 0 aliphatic carbocycles. The molecule has 7 heteroatoms. The van der Waals surface area contributed by atoms with Crippen molar-refractivity contribution >= 4 is 28.4 Å². The Bertz CT molecular complexity index is 1050. The van der Waals surface area contributed by atoms with Gasteiger partial charge < -0.3 is 9.84 Å². The topological polar surface area (TPSA) is 83.8 Å². The monoisotopic (exact) mass is 366 g/mol. The first-order chi connectivity index (χ1) is 12.7. The van der Waals surface area contributed by atoms with Gasteiger partial charge in [-0.3, -0.25) is 9.89 Å². The van der Waals surface area contributed by atoms with Crippen molar-refractivity contribution in [2.45, 2.75) is 6.42 Å². The molecule has 26 heavy (non-hydrogen) atoms. The largest absolute Gasteiger partial charge is 0.355 e. The van der Waals surface area contributed by atoms with Gasteiger partial charge in [0, 0.05) is 28.6 Å². The van der Waals surface area contributed by atoms with Crippen LogP contribution in [0.4, 0.5) is 0 Å². The normalized spacial score (nSPS) is 11.0. The lowest BCUT2D eigenvalue weighted by atomic mass is 10.1. The number of nitrogens with one attached hydrogen (secondary N) is 2. The zero-order chi connectivity index (χ0) is 17.9. The van der Waals surface area contributed by atoms with E-state index < -0.39 is 0 Å². The smallest absolute Gasteiger partial charge is 0.273 e. The van der Waals surface area contributed by atoms with E-state index >= 15 is 0 Å². The number of nitrogens with zero attached hydrogens (tertiary/aromatic N) is 2. The fraction of sp³-hybridized carbons (Fsp3) is 0.105. The van der Waals surface area contributed by atoms with E-state index in [0.717, 1.165) is 22.0 Å². The molecule has 0 fully saturated rings. The van der Waals surface area contributed by atoms with Crippen LogP contribution in [0.25, 0.3) is 22.2 Å². The molecule has 0 atom stereocenters. The standard InChI is InChI=1S/C19H15ClN4O2/c20-15-4-1-12(2-5-15)7-8-21-19(25)17-10-18(26-24-17)13-3-6-16-14(9-13)11-22-23-16/h1-6,9-11H,7-8H2,(H,21,25)(H,22,23). The second-order valence-electron chi connectivity index (χ2n) is 5.88. The van der Waals surface area contributed by atoms with Crippen LogP contribution in [0.1, 0.15) is 16.1 Å². The first-order valence-corrected chi connectivity index (χ1v) is 8.50. The van der Waals surface area contributed by atoms with Crippen LogP contribution in [0.15, 0.2) is 59.3 Å². The Morgan fingerprint density at radius 2 is 2.00 bits per heavy atom. The summed E-state index contributed by atoms with van der Waals surface area (Å²) >= 11 is 5.86. The molecule has 2 aromatic carbocycles. The van der Waals surface area contributed by atoms with E-state index in [1.54, 1.807) is 12.3 Å². The molecule has 4 rings (SSSR count). The number of H-pyrrole nitrogens is 1. The number of aromatic nitrogens is 3. The molecule has 0 aliphatic rings. The van der Waals surface area contributed by atoms with Crippen LogP contribution in [0.2, 0.25) is 5.02 Å². The number of hydrogen-bond donors (Lipinski definition) is 2. The molecule has 0 spiro atoms. The maximum atomic E-state index is 12.2. The fourth-order valence-corrected chi connectivity index (χ4v) is 2.80. The van der Waals surface area contributed by atoms with Crippen molar-refractivity contribution in [3.63, 3.8) is 0 Å². The van der Waals surface area contributed by atoms with Gasteiger partial charge in [-0.05, 0) is 42.3 Å². The first-order valence-electron chi connectivity index (χ1n) is 8.12. The number of fused-ring (bicyclic) bond motifs is 1. The van der Waals surface area contributed by atoms with Crippen molar-refractivity contribution in [3.05, 3.63) is 71.0 Å². The molecule has 0 saturated heterocycles. The lowest BCUT2D eigenvalue weighted by molar-refractivity contribution is 0.0945. The van der Waals surface area contributed by atoms with Gasteiger partial charge in [-0.15, -0.1) is 0 Å². The minimum Gasteiger partial charge on any atom is -0.355 e. The van der Waals surface area contributed by atoms with Crippen molar-refractivity contribution in [3.8, 4) is 11.3 Å². The van der Waals surface area contributed by atoms with E-state index in [2.05, 4.69) is 20.7 Å². The maximum Gasteiger partial charge on any atom is 0.273 e. The molecule has 6 nitrogen and oxygen atoms in total. The maximum absolute atomic E-state index is 12.2. The van der Waals surface area contributed by atoms with Crippen LogP contribution in [-0.2, 0) is 6.42 Å². The summed E-state index contributed by atoms with van der Waals surface area (Å²) in [5.74, 6) is 0.273. The highest BCUT2D eigenvalue weighted by molar-refractivity contribution is 6.30. The predicted molar refractivity (Wildman–Crippen MR) is 99.1 cm³/mol. The average molecular weight is 367 g/mol. The summed E-state index contributed by atoms with van der Waals surface area (Å²) in [6, 6.07) is 14.9. The van der Waals surface area contributed by atoms with Crippen LogP contribution >= 0.6 is 11.6 Å². The van der Waals surface area contributed by atoms with Gasteiger partial charge in [-0.1, -0.05) is 28.9 Å². The lowest BCUT2D eigenvalue weighted by Crippen LogP contribution is -2.25. The Morgan fingerprint density at radius 1 is 1.15 bits per heavy atom. The summed E-state index contributed by atoms with van der Waals surface area (Å²) in [5.41, 5.74) is 3.13. The van der Waals surface area contributed by atoms with E-state index in [1.807, 2.05) is 42.5 Å². The molecule has 2 heterocycles. The number of carbonyl (C=O) groups is 1. The highest BCUT2D eigenvalue weighted by Crippen LogP contribution is 2.24. The van der Waals surface area contributed by atoms with E-state index in [9.17, 15) is 4.79 Å². The Labute approximate surface area is 154 Å². The predicted octanol–water partition coefficient (Wildman–Crippen LogP) is 3.84. The zero-order valence-corrected chi connectivity index (χ0v) is 14.5. The third-order valence-corrected chi connectivity index (χ3v) is 4.33. The Hall–Kier alpha value is -3.12. The number of amides is 1. The minimum atomic E-state index is -0.265. The minimum absolute atomic E-state index is 0.253. The van der Waals surface area contributed by atoms with Crippen molar-refractivity contribution in [1.82, 2.24) is 20.7 Å². The summed E-state index contributed by atoms with van der Waals surface area (Å²) in [4.78, 5) is 12.2. The number of hydrogen-bond acceptors (Lipinski definition) is 4. The number of rotatable bonds is 5. The second-order valence-corrected chi connectivity index (χ2v) is 6.32. The van der Waals surface area contributed by atoms with Crippen molar-refractivity contribution < 1.29 is 9.32 Å². The van der Waals surface area contributed by atoms with Gasteiger partial charge in [0.25, 0.3) is 5.91 Å². The SMILES string of the molecule is O=C(NCCc1ccc(Cl)cc1)c1cc(-c2ccc3[nH]ncc3c2)on1. The van der Waals surface area contributed by atoms with E-state index in [0.29, 0.717) is 23.7 Å². The molecule has 0 unspecified atom stereocenters. The van der Waals surface area contributed by atoms with Crippen LogP contribution in [-0.4, -0.2) is 27.8 Å². The number of benzene rings is 2. The molecular weight excluding hydrogens is 352 g/mol. The summed E-state index contributed by atoms with van der Waals surface area (Å²) in [5, 5.41) is 15.3. The first kappa shape index (κ1) is 16.4. The summed E-state index contributed by atoms with van der Waals surface area (Å²) in [6.07, 6.45) is 2.45. The van der Waals surface area contributed by atoms with Crippen molar-refractivity contribution in [1.29, 1.82) is 0 Å². The van der Waals surface area contributed by atoms with Crippen LogP contribution in [0, 0.1) is 0 Å². The van der Waals surface area contributed by atoms with E-state index in [-0.39, 0.29) is 11.6 Å². The number of halogens is 1.